The van der Waals surface area contributed by atoms with Gasteiger partial charge >= 0.3 is 0 Å². The molecule has 1 saturated heterocycles. The van der Waals surface area contributed by atoms with Crippen LogP contribution in [0, 0.1) is 0 Å². The van der Waals surface area contributed by atoms with Crippen LogP contribution in [-0.2, 0) is 0 Å². The second kappa shape index (κ2) is 2.44. The Hall–Kier alpha value is -1.12. The van der Waals surface area contributed by atoms with Gasteiger partial charge in [0.05, 0.1) is 13.1 Å². The molecule has 0 saturated carbocycles. The third-order valence-corrected chi connectivity index (χ3v) is 1.97. The topological polar surface area (TPSA) is 3.24 Å². The molecule has 1 aromatic rings. The van der Waals surface area contributed by atoms with E-state index in [0.29, 0.717) is 0 Å². The van der Waals surface area contributed by atoms with Crippen molar-refractivity contribution >= 4 is 5.69 Å². The molecule has 0 bridgehead atoms. The summed E-state index contributed by atoms with van der Waals surface area (Å²) in [4.78, 5) is 1.67. The second-order valence-electron chi connectivity index (χ2n) is 3.05. The SMILES string of the molecule is FC1(F)CN(c2ccccc2)C1. The van der Waals surface area contributed by atoms with Gasteiger partial charge in [0.1, 0.15) is 0 Å². The number of benzene rings is 1. The summed E-state index contributed by atoms with van der Waals surface area (Å²) < 4.78 is 24.9. The summed E-state index contributed by atoms with van der Waals surface area (Å²) in [5.74, 6) is -2.48. The Balaban J connectivity index is 2.06. The van der Waals surface area contributed by atoms with E-state index < -0.39 is 5.92 Å². The van der Waals surface area contributed by atoms with Crippen molar-refractivity contribution in [3.05, 3.63) is 30.3 Å². The summed E-state index contributed by atoms with van der Waals surface area (Å²) in [6.45, 7) is -0.284. The average Bonchev–Trinajstić information content (AvgIpc) is 2.02. The number of anilines is 1. The predicted molar refractivity (Wildman–Crippen MR) is 43.6 cm³/mol. The Morgan fingerprint density at radius 1 is 1.08 bits per heavy atom. The zero-order valence-electron chi connectivity index (χ0n) is 6.50. The van der Waals surface area contributed by atoms with Crippen molar-refractivity contribution in [2.45, 2.75) is 5.92 Å². The zero-order valence-corrected chi connectivity index (χ0v) is 6.50. The maximum absolute atomic E-state index is 12.4. The van der Waals surface area contributed by atoms with Crippen LogP contribution in [0.2, 0.25) is 0 Å². The first kappa shape index (κ1) is 7.53. The number of rotatable bonds is 1. The summed E-state index contributed by atoms with van der Waals surface area (Å²) in [5, 5.41) is 0. The van der Waals surface area contributed by atoms with Crippen molar-refractivity contribution < 1.29 is 8.78 Å². The van der Waals surface area contributed by atoms with Gasteiger partial charge in [0.25, 0.3) is 5.92 Å². The molecule has 12 heavy (non-hydrogen) atoms. The molecule has 0 aliphatic carbocycles. The molecule has 0 radical (unpaired) electrons. The molecule has 0 aromatic heterocycles. The third-order valence-electron chi connectivity index (χ3n) is 1.97. The van der Waals surface area contributed by atoms with Crippen molar-refractivity contribution in [1.29, 1.82) is 0 Å². The van der Waals surface area contributed by atoms with Crippen LogP contribution in [0.15, 0.2) is 30.3 Å². The predicted octanol–water partition coefficient (Wildman–Crippen LogP) is 2.14. The largest absolute Gasteiger partial charge is 0.359 e. The average molecular weight is 169 g/mol. The minimum Gasteiger partial charge on any atom is -0.359 e. The lowest BCUT2D eigenvalue weighted by Gasteiger charge is -2.40. The summed E-state index contributed by atoms with van der Waals surface area (Å²) in [7, 11) is 0. The van der Waals surface area contributed by atoms with Crippen LogP contribution in [-0.4, -0.2) is 19.0 Å². The van der Waals surface area contributed by atoms with Crippen LogP contribution in [0.3, 0.4) is 0 Å². The molecule has 0 amide bonds. The van der Waals surface area contributed by atoms with Crippen LogP contribution < -0.4 is 4.90 Å². The minimum absolute atomic E-state index is 0.142. The van der Waals surface area contributed by atoms with Crippen LogP contribution in [0.25, 0.3) is 0 Å². The Morgan fingerprint density at radius 3 is 2.17 bits per heavy atom. The van der Waals surface area contributed by atoms with E-state index >= 15 is 0 Å². The van der Waals surface area contributed by atoms with E-state index in [1.165, 1.54) is 0 Å². The van der Waals surface area contributed by atoms with Crippen LogP contribution in [0.4, 0.5) is 14.5 Å². The van der Waals surface area contributed by atoms with Gasteiger partial charge in [-0.15, -0.1) is 0 Å². The normalized spacial score (nSPS) is 20.3. The van der Waals surface area contributed by atoms with Crippen molar-refractivity contribution in [1.82, 2.24) is 0 Å². The maximum Gasteiger partial charge on any atom is 0.282 e. The van der Waals surface area contributed by atoms with Gasteiger partial charge in [-0.3, -0.25) is 0 Å². The van der Waals surface area contributed by atoms with Gasteiger partial charge in [-0.2, -0.15) is 0 Å². The smallest absolute Gasteiger partial charge is 0.282 e. The fourth-order valence-electron chi connectivity index (χ4n) is 1.33. The molecule has 1 heterocycles. The van der Waals surface area contributed by atoms with Crippen molar-refractivity contribution in [3.63, 3.8) is 0 Å². The Labute approximate surface area is 69.6 Å². The van der Waals surface area contributed by atoms with Gasteiger partial charge in [0, 0.05) is 5.69 Å². The molecule has 64 valence electrons. The van der Waals surface area contributed by atoms with E-state index in [-0.39, 0.29) is 13.1 Å². The van der Waals surface area contributed by atoms with E-state index in [4.69, 9.17) is 0 Å². The third kappa shape index (κ3) is 1.26. The Kier molecular flexibility index (Phi) is 1.53. The van der Waals surface area contributed by atoms with Crippen molar-refractivity contribution in [2.24, 2.45) is 0 Å². The van der Waals surface area contributed by atoms with Gasteiger partial charge in [-0.25, -0.2) is 8.78 Å². The minimum atomic E-state index is -2.48. The number of hydrogen-bond acceptors (Lipinski definition) is 1. The highest BCUT2D eigenvalue weighted by Gasteiger charge is 2.43. The van der Waals surface area contributed by atoms with Gasteiger partial charge in [-0.1, -0.05) is 18.2 Å². The van der Waals surface area contributed by atoms with E-state index in [1.54, 1.807) is 4.90 Å². The van der Waals surface area contributed by atoms with Crippen molar-refractivity contribution in [2.75, 3.05) is 18.0 Å². The first-order chi connectivity index (χ1) is 5.67. The van der Waals surface area contributed by atoms with Crippen LogP contribution in [0.1, 0.15) is 0 Å². The molecule has 1 fully saturated rings. The fraction of sp³-hybridized carbons (Fsp3) is 0.333. The highest BCUT2D eigenvalue weighted by Crippen LogP contribution is 2.31. The molecule has 1 aliphatic rings. The van der Waals surface area contributed by atoms with Crippen LogP contribution in [0.5, 0.6) is 0 Å². The first-order valence-electron chi connectivity index (χ1n) is 3.85. The molecular formula is C9H9F2N. The van der Waals surface area contributed by atoms with Gasteiger partial charge in [0.15, 0.2) is 0 Å². The highest BCUT2D eigenvalue weighted by molar-refractivity contribution is 5.49. The number of para-hydroxylation sites is 1. The second-order valence-corrected chi connectivity index (χ2v) is 3.05. The summed E-state index contributed by atoms with van der Waals surface area (Å²) in [6.07, 6.45) is 0. The Morgan fingerprint density at radius 2 is 1.67 bits per heavy atom. The number of nitrogens with zero attached hydrogens (tertiary/aromatic N) is 1. The lowest BCUT2D eigenvalue weighted by molar-refractivity contribution is -0.0262. The molecule has 0 unspecified atom stereocenters. The summed E-state index contributed by atoms with van der Waals surface area (Å²) >= 11 is 0. The number of alkyl halides is 2. The van der Waals surface area contributed by atoms with Gasteiger partial charge in [-0.05, 0) is 12.1 Å². The summed E-state index contributed by atoms with van der Waals surface area (Å²) in [5.41, 5.74) is 0.878. The lowest BCUT2D eigenvalue weighted by atomic mass is 10.1. The molecule has 1 aliphatic heterocycles. The van der Waals surface area contributed by atoms with Crippen LogP contribution >= 0.6 is 0 Å². The molecule has 2 rings (SSSR count). The molecule has 0 N–H and O–H groups in total. The number of hydrogen-bond donors (Lipinski definition) is 0. The molecule has 0 atom stereocenters. The summed E-state index contributed by atoms with van der Waals surface area (Å²) in [6, 6.07) is 9.27. The fourth-order valence-corrected chi connectivity index (χ4v) is 1.33. The van der Waals surface area contributed by atoms with Gasteiger partial charge < -0.3 is 4.90 Å². The first-order valence-corrected chi connectivity index (χ1v) is 3.85. The zero-order chi connectivity index (χ0) is 8.60. The molecule has 3 heteroatoms. The molecule has 1 nitrogen and oxygen atoms in total. The lowest BCUT2D eigenvalue weighted by Crippen LogP contribution is -2.56. The van der Waals surface area contributed by atoms with E-state index in [2.05, 4.69) is 0 Å². The Bertz CT molecular complexity index is 263. The molecular weight excluding hydrogens is 160 g/mol. The number of halogens is 2. The van der Waals surface area contributed by atoms with E-state index in [1.807, 2.05) is 30.3 Å². The van der Waals surface area contributed by atoms with Gasteiger partial charge in [0.2, 0.25) is 0 Å². The van der Waals surface area contributed by atoms with Crippen molar-refractivity contribution in [3.8, 4) is 0 Å². The maximum atomic E-state index is 12.4. The van der Waals surface area contributed by atoms with E-state index in [9.17, 15) is 8.78 Å². The van der Waals surface area contributed by atoms with E-state index in [0.717, 1.165) is 5.69 Å². The molecule has 0 spiro atoms. The standard InChI is InChI=1S/C9H9F2N/c10-9(11)6-12(7-9)8-4-2-1-3-5-8/h1-5H,6-7H2. The molecule has 1 aromatic carbocycles. The monoisotopic (exact) mass is 169 g/mol. The quantitative estimate of drug-likeness (QED) is 0.622. The highest BCUT2D eigenvalue weighted by atomic mass is 19.3.